The van der Waals surface area contributed by atoms with E-state index < -0.39 is 0 Å². The van der Waals surface area contributed by atoms with Crippen molar-refractivity contribution in [1.29, 1.82) is 0 Å². The summed E-state index contributed by atoms with van der Waals surface area (Å²) in [5.41, 5.74) is 0. The van der Waals surface area contributed by atoms with Gasteiger partial charge < -0.3 is 4.74 Å². The van der Waals surface area contributed by atoms with Crippen molar-refractivity contribution < 1.29 is 9.53 Å². The lowest BCUT2D eigenvalue weighted by Crippen LogP contribution is -2.55. The number of unbranched alkanes of at least 4 members (excludes halogenated alkanes) is 6. The summed E-state index contributed by atoms with van der Waals surface area (Å²) in [7, 11) is 2.19. The van der Waals surface area contributed by atoms with Crippen LogP contribution in [0.4, 0.5) is 0 Å². The molecule has 2 aliphatic rings. The summed E-state index contributed by atoms with van der Waals surface area (Å²) >= 11 is 0. The molecule has 0 amide bonds. The zero-order valence-corrected chi connectivity index (χ0v) is 14.0. The van der Waals surface area contributed by atoms with Crippen LogP contribution >= 0.6 is 0 Å². The van der Waals surface area contributed by atoms with Gasteiger partial charge in [-0.2, -0.15) is 0 Å². The molecule has 3 nitrogen and oxygen atoms in total. The summed E-state index contributed by atoms with van der Waals surface area (Å²) in [6.07, 6.45) is 11.9. The second-order valence-corrected chi connectivity index (χ2v) is 7.02. The van der Waals surface area contributed by atoms with Crippen molar-refractivity contribution in [3.05, 3.63) is 0 Å². The maximum Gasteiger partial charge on any atom is 0.136 e. The van der Waals surface area contributed by atoms with Crippen LogP contribution < -0.4 is 0 Å². The lowest BCUT2D eigenvalue weighted by molar-refractivity contribution is -0.131. The first-order valence-electron chi connectivity index (χ1n) is 9.04. The number of carbonyl (C=O) groups is 1. The summed E-state index contributed by atoms with van der Waals surface area (Å²) in [6.45, 7) is 3.88. The first-order valence-corrected chi connectivity index (χ1v) is 9.04. The van der Waals surface area contributed by atoms with Crippen molar-refractivity contribution >= 4 is 5.78 Å². The second kappa shape index (κ2) is 8.89. The predicted octanol–water partition coefficient (Wildman–Crippen LogP) is 3.81. The Hall–Kier alpha value is -0.410. The normalized spacial score (nSPS) is 29.5. The van der Waals surface area contributed by atoms with Gasteiger partial charge >= 0.3 is 0 Å². The fraction of sp³-hybridized carbons (Fsp3) is 0.944. The van der Waals surface area contributed by atoms with Crippen molar-refractivity contribution in [2.75, 3.05) is 20.3 Å². The summed E-state index contributed by atoms with van der Waals surface area (Å²) in [5, 5.41) is 0. The first kappa shape index (κ1) is 17.0. The molecule has 21 heavy (non-hydrogen) atoms. The van der Waals surface area contributed by atoms with E-state index in [1.54, 1.807) is 0 Å². The van der Waals surface area contributed by atoms with Gasteiger partial charge in [-0.05, 0) is 26.3 Å². The second-order valence-electron chi connectivity index (χ2n) is 7.02. The van der Waals surface area contributed by atoms with E-state index in [2.05, 4.69) is 18.9 Å². The van der Waals surface area contributed by atoms with Crippen molar-refractivity contribution in [2.24, 2.45) is 5.92 Å². The predicted molar refractivity (Wildman–Crippen MR) is 86.5 cm³/mol. The zero-order valence-electron chi connectivity index (χ0n) is 14.0. The molecule has 0 aliphatic carbocycles. The Kier molecular flexibility index (Phi) is 7.18. The van der Waals surface area contributed by atoms with Crippen molar-refractivity contribution in [1.82, 2.24) is 4.90 Å². The molecule has 2 bridgehead atoms. The van der Waals surface area contributed by atoms with Gasteiger partial charge in [-0.25, -0.2) is 0 Å². The number of ketones is 1. The number of hydrogen-bond acceptors (Lipinski definition) is 3. The van der Waals surface area contributed by atoms with E-state index in [-0.39, 0.29) is 0 Å². The number of ether oxygens (including phenoxy) is 1. The lowest BCUT2D eigenvalue weighted by Gasteiger charge is -2.46. The van der Waals surface area contributed by atoms with Crippen molar-refractivity contribution in [3.8, 4) is 0 Å². The molecule has 0 aromatic rings. The van der Waals surface area contributed by atoms with Crippen LogP contribution in [0.15, 0.2) is 0 Å². The SMILES string of the molecule is CCCCCCCCCC(=O)C1CC2COCC(C1)N2C. The van der Waals surface area contributed by atoms with Crippen LogP contribution in [0.5, 0.6) is 0 Å². The van der Waals surface area contributed by atoms with Crippen molar-refractivity contribution in [3.63, 3.8) is 0 Å². The highest BCUT2D eigenvalue weighted by molar-refractivity contribution is 5.81. The molecule has 0 spiro atoms. The van der Waals surface area contributed by atoms with Crippen LogP contribution in [0, 0.1) is 5.92 Å². The molecule has 0 N–H and O–H groups in total. The molecule has 2 rings (SSSR count). The molecule has 0 radical (unpaired) electrons. The van der Waals surface area contributed by atoms with Crippen LogP contribution in [0.1, 0.15) is 71.1 Å². The lowest BCUT2D eigenvalue weighted by atomic mass is 9.81. The zero-order chi connectivity index (χ0) is 15.1. The third kappa shape index (κ3) is 5.07. The van der Waals surface area contributed by atoms with Gasteiger partial charge in [-0.15, -0.1) is 0 Å². The maximum atomic E-state index is 12.4. The number of rotatable bonds is 9. The van der Waals surface area contributed by atoms with Crippen LogP contribution in [0.2, 0.25) is 0 Å². The van der Waals surface area contributed by atoms with Gasteiger partial charge in [0, 0.05) is 24.4 Å². The van der Waals surface area contributed by atoms with E-state index >= 15 is 0 Å². The largest absolute Gasteiger partial charge is 0.378 e. The Labute approximate surface area is 130 Å². The quantitative estimate of drug-likeness (QED) is 0.606. The number of nitrogens with zero attached hydrogens (tertiary/aromatic N) is 1. The summed E-state index contributed by atoms with van der Waals surface area (Å²) < 4.78 is 5.63. The van der Waals surface area contributed by atoms with E-state index in [1.165, 1.54) is 38.5 Å². The molecule has 2 heterocycles. The van der Waals surface area contributed by atoms with Crippen LogP contribution in [0.25, 0.3) is 0 Å². The Morgan fingerprint density at radius 2 is 1.57 bits per heavy atom. The molecular formula is C18H33NO2. The van der Waals surface area contributed by atoms with E-state index in [0.29, 0.717) is 23.8 Å². The van der Waals surface area contributed by atoms with Crippen LogP contribution in [0.3, 0.4) is 0 Å². The Bertz CT molecular complexity index is 304. The van der Waals surface area contributed by atoms with E-state index in [0.717, 1.165) is 38.9 Å². The highest BCUT2D eigenvalue weighted by Crippen LogP contribution is 2.31. The third-order valence-electron chi connectivity index (χ3n) is 5.37. The highest BCUT2D eigenvalue weighted by Gasteiger charge is 2.38. The van der Waals surface area contributed by atoms with Gasteiger partial charge in [0.15, 0.2) is 0 Å². The van der Waals surface area contributed by atoms with Crippen LogP contribution in [-0.2, 0) is 9.53 Å². The maximum absolute atomic E-state index is 12.4. The molecule has 2 fully saturated rings. The molecule has 0 aromatic heterocycles. The van der Waals surface area contributed by atoms with E-state index in [9.17, 15) is 4.79 Å². The molecule has 2 saturated heterocycles. The standard InChI is InChI=1S/C18H33NO2/c1-3-4-5-6-7-8-9-10-18(20)15-11-16-13-21-14-17(12-15)19(16)2/h15-17H,3-14H2,1-2H3. The van der Waals surface area contributed by atoms with Gasteiger partial charge in [-0.3, -0.25) is 9.69 Å². The average molecular weight is 295 g/mol. The highest BCUT2D eigenvalue weighted by atomic mass is 16.5. The summed E-state index contributed by atoms with van der Waals surface area (Å²) in [4.78, 5) is 14.8. The van der Waals surface area contributed by atoms with Gasteiger partial charge in [0.25, 0.3) is 0 Å². The molecule has 2 unspecified atom stereocenters. The molecule has 3 heteroatoms. The molecule has 0 aromatic carbocycles. The fourth-order valence-corrected chi connectivity index (χ4v) is 3.82. The van der Waals surface area contributed by atoms with Crippen molar-refractivity contribution in [2.45, 2.75) is 83.2 Å². The first-order chi connectivity index (χ1) is 10.2. The number of hydrogen-bond donors (Lipinski definition) is 0. The number of fused-ring (bicyclic) bond motifs is 2. The number of Topliss-reactive ketones (excluding diaryl/α,β-unsaturated/α-hetero) is 1. The Morgan fingerprint density at radius 1 is 1.00 bits per heavy atom. The number of morpholine rings is 1. The summed E-state index contributed by atoms with van der Waals surface area (Å²) in [5.74, 6) is 0.828. The molecule has 122 valence electrons. The molecule has 2 aliphatic heterocycles. The number of piperidine rings is 1. The number of carbonyl (C=O) groups excluding carboxylic acids is 1. The van der Waals surface area contributed by atoms with Gasteiger partial charge in [-0.1, -0.05) is 45.4 Å². The minimum absolute atomic E-state index is 0.306. The third-order valence-corrected chi connectivity index (χ3v) is 5.37. The monoisotopic (exact) mass is 295 g/mol. The minimum Gasteiger partial charge on any atom is -0.378 e. The molecule has 0 saturated carbocycles. The Morgan fingerprint density at radius 3 is 2.19 bits per heavy atom. The molecular weight excluding hydrogens is 262 g/mol. The van der Waals surface area contributed by atoms with Gasteiger partial charge in [0.1, 0.15) is 5.78 Å². The van der Waals surface area contributed by atoms with E-state index in [4.69, 9.17) is 4.74 Å². The van der Waals surface area contributed by atoms with E-state index in [1.807, 2.05) is 0 Å². The number of likely N-dealkylation sites (N-methyl/N-ethyl adjacent to an activating group) is 1. The smallest absolute Gasteiger partial charge is 0.136 e. The van der Waals surface area contributed by atoms with Crippen LogP contribution in [-0.4, -0.2) is 43.0 Å². The van der Waals surface area contributed by atoms with Gasteiger partial charge in [0.2, 0.25) is 0 Å². The fourth-order valence-electron chi connectivity index (χ4n) is 3.82. The minimum atomic E-state index is 0.306. The Balaban J connectivity index is 1.60. The topological polar surface area (TPSA) is 29.5 Å². The molecule has 2 atom stereocenters. The van der Waals surface area contributed by atoms with Gasteiger partial charge in [0.05, 0.1) is 13.2 Å². The average Bonchev–Trinajstić information content (AvgIpc) is 2.45. The summed E-state index contributed by atoms with van der Waals surface area (Å²) in [6, 6.07) is 0.945.